The molecule has 1 aliphatic rings. The first-order chi connectivity index (χ1) is 12.5. The van der Waals surface area contributed by atoms with E-state index in [0.29, 0.717) is 4.67 Å². The molecule has 2 atom stereocenters. The summed E-state index contributed by atoms with van der Waals surface area (Å²) in [5.41, 5.74) is 1.27. The van der Waals surface area contributed by atoms with Gasteiger partial charge in [-0.1, -0.05) is 30.3 Å². The lowest BCUT2D eigenvalue weighted by molar-refractivity contribution is -0.123. The normalized spacial score (nSPS) is 18.5. The van der Waals surface area contributed by atoms with Crippen LogP contribution in [0.3, 0.4) is 0 Å². The topological polar surface area (TPSA) is 74.6 Å². The standard InChI is InChI=1S/C19H22BrN3O3/c1-13(21-19(25)16-7-8-17(20)26-16)18(24)22-15-9-10-23(12-15)11-14-5-3-2-4-6-14/h2-8,13,15H,9-12H2,1H3,(H,21,25)(H,22,24)/t13-,15+/m1/s1. The average Bonchev–Trinajstić information content (AvgIpc) is 3.24. The quantitative estimate of drug-likeness (QED) is 0.754. The van der Waals surface area contributed by atoms with Crippen LogP contribution in [0.25, 0.3) is 0 Å². The summed E-state index contributed by atoms with van der Waals surface area (Å²) in [6.45, 7) is 4.31. The van der Waals surface area contributed by atoms with Gasteiger partial charge in [0.25, 0.3) is 5.91 Å². The van der Waals surface area contributed by atoms with E-state index in [1.807, 2.05) is 18.2 Å². The molecule has 0 saturated carbocycles. The monoisotopic (exact) mass is 419 g/mol. The number of nitrogens with zero attached hydrogens (tertiary/aromatic N) is 1. The Bertz CT molecular complexity index is 762. The third-order valence-electron chi connectivity index (χ3n) is 4.41. The number of hydrogen-bond acceptors (Lipinski definition) is 4. The van der Waals surface area contributed by atoms with Gasteiger partial charge in [0.05, 0.1) is 0 Å². The molecule has 1 aliphatic heterocycles. The molecule has 6 nitrogen and oxygen atoms in total. The summed E-state index contributed by atoms with van der Waals surface area (Å²) in [7, 11) is 0. The molecule has 2 N–H and O–H groups in total. The second-order valence-corrected chi connectivity index (χ2v) is 7.30. The molecule has 0 radical (unpaired) electrons. The Morgan fingerprint density at radius 1 is 1.27 bits per heavy atom. The molecule has 2 aromatic rings. The zero-order valence-electron chi connectivity index (χ0n) is 14.6. The van der Waals surface area contributed by atoms with E-state index in [0.717, 1.165) is 26.1 Å². The van der Waals surface area contributed by atoms with Gasteiger partial charge >= 0.3 is 0 Å². The van der Waals surface area contributed by atoms with Gasteiger partial charge in [0, 0.05) is 25.7 Å². The van der Waals surface area contributed by atoms with Crippen molar-refractivity contribution >= 4 is 27.7 Å². The smallest absolute Gasteiger partial charge is 0.287 e. The van der Waals surface area contributed by atoms with Gasteiger partial charge in [0.15, 0.2) is 10.4 Å². The molecule has 0 spiro atoms. The van der Waals surface area contributed by atoms with Crippen molar-refractivity contribution in [1.29, 1.82) is 0 Å². The van der Waals surface area contributed by atoms with Gasteiger partial charge in [0.1, 0.15) is 6.04 Å². The Balaban J connectivity index is 1.45. The summed E-state index contributed by atoms with van der Waals surface area (Å²) in [4.78, 5) is 26.7. The molecule has 26 heavy (non-hydrogen) atoms. The van der Waals surface area contributed by atoms with Crippen LogP contribution in [0.15, 0.2) is 51.6 Å². The molecule has 0 unspecified atom stereocenters. The van der Waals surface area contributed by atoms with Crippen molar-refractivity contribution in [3.63, 3.8) is 0 Å². The van der Waals surface area contributed by atoms with Crippen molar-refractivity contribution in [3.05, 3.63) is 58.5 Å². The lowest BCUT2D eigenvalue weighted by Crippen LogP contribution is -2.48. The van der Waals surface area contributed by atoms with Crippen molar-refractivity contribution < 1.29 is 14.0 Å². The van der Waals surface area contributed by atoms with Crippen LogP contribution in [0.2, 0.25) is 0 Å². The first-order valence-corrected chi connectivity index (χ1v) is 9.43. The Morgan fingerprint density at radius 3 is 2.73 bits per heavy atom. The molecular formula is C19H22BrN3O3. The summed E-state index contributed by atoms with van der Waals surface area (Å²) in [6, 6.07) is 13.0. The SMILES string of the molecule is C[C@@H](NC(=O)c1ccc(Br)o1)C(=O)N[C@H]1CCN(Cc2ccccc2)C1. The first-order valence-electron chi connectivity index (χ1n) is 8.64. The minimum Gasteiger partial charge on any atom is -0.444 e. The second kappa shape index (κ2) is 8.51. The number of halogens is 1. The number of likely N-dealkylation sites (tertiary alicyclic amines) is 1. The van der Waals surface area contributed by atoms with Gasteiger partial charge in [0.2, 0.25) is 5.91 Å². The maximum atomic E-state index is 12.4. The summed E-state index contributed by atoms with van der Waals surface area (Å²) in [6.07, 6.45) is 0.907. The Morgan fingerprint density at radius 2 is 2.04 bits per heavy atom. The number of rotatable bonds is 6. The molecule has 2 amide bonds. The molecule has 0 aliphatic carbocycles. The van der Waals surface area contributed by atoms with Crippen LogP contribution in [0.4, 0.5) is 0 Å². The maximum absolute atomic E-state index is 12.4. The average molecular weight is 420 g/mol. The van der Waals surface area contributed by atoms with E-state index in [1.165, 1.54) is 5.56 Å². The Hall–Kier alpha value is -2.12. The zero-order chi connectivity index (χ0) is 18.5. The molecule has 3 rings (SSSR count). The highest BCUT2D eigenvalue weighted by atomic mass is 79.9. The summed E-state index contributed by atoms with van der Waals surface area (Å²) < 4.78 is 5.67. The van der Waals surface area contributed by atoms with Crippen LogP contribution in [0.5, 0.6) is 0 Å². The number of furan rings is 1. The number of carbonyl (C=O) groups excluding carboxylic acids is 2. The number of nitrogens with one attached hydrogen (secondary N) is 2. The maximum Gasteiger partial charge on any atom is 0.287 e. The molecule has 0 bridgehead atoms. The molecule has 1 saturated heterocycles. The lowest BCUT2D eigenvalue weighted by atomic mass is 10.2. The van der Waals surface area contributed by atoms with Crippen molar-refractivity contribution in [2.45, 2.75) is 32.0 Å². The van der Waals surface area contributed by atoms with Gasteiger partial charge in [-0.3, -0.25) is 14.5 Å². The minimum atomic E-state index is -0.630. The van der Waals surface area contributed by atoms with Crippen molar-refractivity contribution in [1.82, 2.24) is 15.5 Å². The molecule has 1 aromatic heterocycles. The highest BCUT2D eigenvalue weighted by Gasteiger charge is 2.26. The molecule has 1 fully saturated rings. The molecular weight excluding hydrogens is 398 g/mol. The van der Waals surface area contributed by atoms with Crippen LogP contribution >= 0.6 is 15.9 Å². The molecule has 7 heteroatoms. The van der Waals surface area contributed by atoms with Gasteiger partial charge in [-0.25, -0.2) is 0 Å². The van der Waals surface area contributed by atoms with E-state index in [4.69, 9.17) is 4.42 Å². The number of amides is 2. The summed E-state index contributed by atoms with van der Waals surface area (Å²) in [5, 5.41) is 5.68. The number of carbonyl (C=O) groups is 2. The van der Waals surface area contributed by atoms with E-state index >= 15 is 0 Å². The molecule has 1 aromatic carbocycles. The molecule has 138 valence electrons. The van der Waals surface area contributed by atoms with Gasteiger partial charge in [-0.2, -0.15) is 0 Å². The molecule has 2 heterocycles. The lowest BCUT2D eigenvalue weighted by Gasteiger charge is -2.19. The van der Waals surface area contributed by atoms with Gasteiger partial charge in [-0.05, 0) is 47.0 Å². The number of benzene rings is 1. The van der Waals surface area contributed by atoms with Crippen LogP contribution in [0, 0.1) is 0 Å². The highest BCUT2D eigenvalue weighted by Crippen LogP contribution is 2.15. The van der Waals surface area contributed by atoms with Crippen LogP contribution in [-0.4, -0.2) is 41.9 Å². The minimum absolute atomic E-state index is 0.100. The fourth-order valence-corrected chi connectivity index (χ4v) is 3.34. The van der Waals surface area contributed by atoms with Crippen molar-refractivity contribution in [3.8, 4) is 0 Å². The second-order valence-electron chi connectivity index (χ2n) is 6.51. The van der Waals surface area contributed by atoms with E-state index in [9.17, 15) is 9.59 Å². The highest BCUT2D eigenvalue weighted by molar-refractivity contribution is 9.10. The van der Waals surface area contributed by atoms with Crippen LogP contribution < -0.4 is 10.6 Å². The van der Waals surface area contributed by atoms with Crippen LogP contribution in [0.1, 0.15) is 29.5 Å². The Labute approximate surface area is 161 Å². The number of hydrogen-bond donors (Lipinski definition) is 2. The van der Waals surface area contributed by atoms with Gasteiger partial charge in [-0.15, -0.1) is 0 Å². The fourth-order valence-electron chi connectivity index (χ4n) is 3.03. The Kier molecular flexibility index (Phi) is 6.11. The van der Waals surface area contributed by atoms with Crippen LogP contribution in [-0.2, 0) is 11.3 Å². The zero-order valence-corrected chi connectivity index (χ0v) is 16.2. The third kappa shape index (κ3) is 4.95. The fraction of sp³-hybridized carbons (Fsp3) is 0.368. The van der Waals surface area contributed by atoms with Crippen molar-refractivity contribution in [2.24, 2.45) is 0 Å². The summed E-state index contributed by atoms with van der Waals surface area (Å²) in [5.74, 6) is -0.419. The van der Waals surface area contributed by atoms with E-state index in [1.54, 1.807) is 19.1 Å². The predicted octanol–water partition coefficient (Wildman–Crippen LogP) is 2.55. The summed E-state index contributed by atoms with van der Waals surface area (Å²) >= 11 is 3.15. The van der Waals surface area contributed by atoms with Crippen molar-refractivity contribution in [2.75, 3.05) is 13.1 Å². The third-order valence-corrected chi connectivity index (χ3v) is 4.83. The van der Waals surface area contributed by atoms with E-state index in [2.05, 4.69) is 43.6 Å². The predicted molar refractivity (Wildman–Crippen MR) is 102 cm³/mol. The van der Waals surface area contributed by atoms with E-state index in [-0.39, 0.29) is 17.7 Å². The van der Waals surface area contributed by atoms with E-state index < -0.39 is 11.9 Å². The largest absolute Gasteiger partial charge is 0.444 e. The first kappa shape index (κ1) is 18.7. The van der Waals surface area contributed by atoms with Gasteiger partial charge < -0.3 is 15.1 Å².